The lowest BCUT2D eigenvalue weighted by atomic mass is 9.99. The van der Waals surface area contributed by atoms with E-state index in [2.05, 4.69) is 0 Å². The predicted octanol–water partition coefficient (Wildman–Crippen LogP) is 1.01. The Bertz CT molecular complexity index is 477. The van der Waals surface area contributed by atoms with Gasteiger partial charge in [-0.15, -0.1) is 0 Å². The Hall–Kier alpha value is -1.91. The molecule has 18 heavy (non-hydrogen) atoms. The van der Waals surface area contributed by atoms with Gasteiger partial charge in [0.05, 0.1) is 14.2 Å². The van der Waals surface area contributed by atoms with Crippen LogP contribution in [0.15, 0.2) is 0 Å². The van der Waals surface area contributed by atoms with E-state index in [4.69, 9.17) is 9.47 Å². The van der Waals surface area contributed by atoms with Crippen molar-refractivity contribution in [1.82, 2.24) is 0 Å². The Balaban J connectivity index is 3.70. The molecule has 0 aliphatic carbocycles. The van der Waals surface area contributed by atoms with Crippen LogP contribution < -0.4 is 4.57 Å². The number of methoxy groups -OCH3 is 2. The van der Waals surface area contributed by atoms with Crippen LogP contribution in [0.3, 0.4) is 0 Å². The van der Waals surface area contributed by atoms with Gasteiger partial charge in [0.1, 0.15) is 18.2 Å². The van der Waals surface area contributed by atoms with Gasteiger partial charge in [0.2, 0.25) is 0 Å². The lowest BCUT2D eigenvalue weighted by Gasteiger charge is -2.12. The molecule has 1 rings (SSSR count). The van der Waals surface area contributed by atoms with Gasteiger partial charge in [0.15, 0.2) is 11.4 Å². The summed E-state index contributed by atoms with van der Waals surface area (Å²) in [5, 5.41) is 0. The first-order chi connectivity index (χ1) is 8.36. The summed E-state index contributed by atoms with van der Waals surface area (Å²) in [7, 11) is 4.43. The van der Waals surface area contributed by atoms with E-state index in [1.54, 1.807) is 18.5 Å². The summed E-state index contributed by atoms with van der Waals surface area (Å²) in [6.45, 7) is 5.35. The Morgan fingerprint density at radius 3 is 1.50 bits per heavy atom. The molecule has 0 amide bonds. The first-order valence-electron chi connectivity index (χ1n) is 5.53. The highest BCUT2D eigenvalue weighted by Gasteiger charge is 2.29. The number of hydrogen-bond acceptors (Lipinski definition) is 4. The van der Waals surface area contributed by atoms with Gasteiger partial charge in [-0.1, -0.05) is 0 Å². The summed E-state index contributed by atoms with van der Waals surface area (Å²) in [6.07, 6.45) is 0. The molecule has 0 spiro atoms. The van der Waals surface area contributed by atoms with E-state index in [0.717, 1.165) is 11.4 Å². The number of carbonyl (C=O) groups excluding carboxylic acids is 2. The van der Waals surface area contributed by atoms with E-state index in [0.29, 0.717) is 16.7 Å². The van der Waals surface area contributed by atoms with E-state index in [1.165, 1.54) is 14.2 Å². The van der Waals surface area contributed by atoms with Gasteiger partial charge >= 0.3 is 11.9 Å². The number of carbonyl (C=O) groups is 2. The number of rotatable bonds is 2. The molecule has 0 aromatic carbocycles. The van der Waals surface area contributed by atoms with Crippen molar-refractivity contribution in [3.05, 3.63) is 28.1 Å². The molecule has 0 aliphatic rings. The molecule has 1 aromatic heterocycles. The summed E-state index contributed by atoms with van der Waals surface area (Å²) in [5.41, 5.74) is 2.91. The van der Waals surface area contributed by atoms with E-state index in [9.17, 15) is 9.59 Å². The summed E-state index contributed by atoms with van der Waals surface area (Å²) in [6, 6.07) is 0. The van der Waals surface area contributed by atoms with Crippen molar-refractivity contribution in [2.45, 2.75) is 20.8 Å². The summed E-state index contributed by atoms with van der Waals surface area (Å²) >= 11 is 0. The minimum absolute atomic E-state index is 0.408. The molecule has 5 heteroatoms. The van der Waals surface area contributed by atoms with Crippen molar-refractivity contribution >= 4 is 11.9 Å². The Kier molecular flexibility index (Phi) is 4.06. The second kappa shape index (κ2) is 5.16. The van der Waals surface area contributed by atoms with Crippen molar-refractivity contribution in [2.75, 3.05) is 14.2 Å². The summed E-state index contributed by atoms with van der Waals surface area (Å²) in [4.78, 5) is 23.6. The minimum Gasteiger partial charge on any atom is -0.465 e. The fraction of sp³-hybridized carbons (Fsp3) is 0.462. The fourth-order valence-corrected chi connectivity index (χ4v) is 2.06. The molecule has 0 radical (unpaired) electrons. The zero-order chi connectivity index (χ0) is 14.0. The Labute approximate surface area is 106 Å². The maximum atomic E-state index is 11.8. The van der Waals surface area contributed by atoms with Gasteiger partial charge in [-0.2, -0.15) is 0 Å². The molecular formula is C13H18NO4+. The van der Waals surface area contributed by atoms with Crippen molar-refractivity contribution < 1.29 is 23.6 Å². The van der Waals surface area contributed by atoms with Crippen molar-refractivity contribution in [2.24, 2.45) is 7.05 Å². The van der Waals surface area contributed by atoms with Crippen LogP contribution in [0.25, 0.3) is 0 Å². The van der Waals surface area contributed by atoms with Crippen LogP contribution in [0, 0.1) is 20.8 Å². The average Bonchev–Trinajstić information content (AvgIpc) is 2.35. The minimum atomic E-state index is -0.453. The second-order valence-electron chi connectivity index (χ2n) is 4.09. The Morgan fingerprint density at radius 2 is 1.22 bits per heavy atom. The van der Waals surface area contributed by atoms with Crippen molar-refractivity contribution in [3.63, 3.8) is 0 Å². The van der Waals surface area contributed by atoms with Crippen LogP contribution in [0.5, 0.6) is 0 Å². The molecule has 0 saturated carbocycles. The highest BCUT2D eigenvalue weighted by Crippen LogP contribution is 2.19. The van der Waals surface area contributed by atoms with Crippen LogP contribution in [-0.4, -0.2) is 26.2 Å². The molecule has 0 N–H and O–H groups in total. The van der Waals surface area contributed by atoms with Crippen molar-refractivity contribution in [3.8, 4) is 0 Å². The first-order valence-corrected chi connectivity index (χ1v) is 5.53. The molecular weight excluding hydrogens is 234 g/mol. The fourth-order valence-electron chi connectivity index (χ4n) is 2.06. The third-order valence-electron chi connectivity index (χ3n) is 3.26. The van der Waals surface area contributed by atoms with Crippen molar-refractivity contribution in [1.29, 1.82) is 0 Å². The van der Waals surface area contributed by atoms with Crippen LogP contribution in [0.4, 0.5) is 0 Å². The number of nitrogens with zero attached hydrogens (tertiary/aromatic N) is 1. The lowest BCUT2D eigenvalue weighted by Crippen LogP contribution is -2.40. The average molecular weight is 252 g/mol. The van der Waals surface area contributed by atoms with Gasteiger partial charge in [-0.05, 0) is 12.5 Å². The molecule has 98 valence electrons. The van der Waals surface area contributed by atoms with E-state index in [-0.39, 0.29) is 0 Å². The molecule has 0 bridgehead atoms. The second-order valence-corrected chi connectivity index (χ2v) is 4.09. The molecule has 5 nitrogen and oxygen atoms in total. The monoisotopic (exact) mass is 252 g/mol. The standard InChI is InChI=1S/C13H18NO4/c1-7-10(12(15)17-5)8(2)14(4)9(3)11(7)13(16)18-6/h1-6H3/q+1. The summed E-state index contributed by atoms with van der Waals surface area (Å²) in [5.74, 6) is -0.906. The molecule has 1 heterocycles. The van der Waals surface area contributed by atoms with E-state index in [1.807, 2.05) is 13.8 Å². The van der Waals surface area contributed by atoms with Gasteiger partial charge in [0.25, 0.3) is 0 Å². The zero-order valence-corrected chi connectivity index (χ0v) is 11.6. The molecule has 0 fully saturated rings. The van der Waals surface area contributed by atoms with Crippen LogP contribution in [0.1, 0.15) is 37.7 Å². The summed E-state index contributed by atoms with van der Waals surface area (Å²) < 4.78 is 11.3. The molecule has 0 saturated heterocycles. The SMILES string of the molecule is COC(=O)c1c(C)c(C(=O)OC)c(C)[n+](C)c1C. The number of aromatic nitrogens is 1. The van der Waals surface area contributed by atoms with E-state index < -0.39 is 11.9 Å². The van der Waals surface area contributed by atoms with Gasteiger partial charge in [0, 0.05) is 13.8 Å². The smallest absolute Gasteiger partial charge is 0.344 e. The zero-order valence-electron chi connectivity index (χ0n) is 11.6. The highest BCUT2D eigenvalue weighted by molar-refractivity contribution is 5.98. The molecule has 0 aliphatic heterocycles. The van der Waals surface area contributed by atoms with Gasteiger partial charge in [-0.25, -0.2) is 14.2 Å². The number of pyridine rings is 1. The van der Waals surface area contributed by atoms with Crippen LogP contribution in [-0.2, 0) is 16.5 Å². The highest BCUT2D eigenvalue weighted by atomic mass is 16.5. The van der Waals surface area contributed by atoms with Crippen LogP contribution >= 0.6 is 0 Å². The normalized spacial score (nSPS) is 10.1. The molecule has 1 aromatic rings. The topological polar surface area (TPSA) is 56.5 Å². The van der Waals surface area contributed by atoms with Crippen LogP contribution in [0.2, 0.25) is 0 Å². The third-order valence-corrected chi connectivity index (χ3v) is 3.26. The maximum absolute atomic E-state index is 11.8. The number of esters is 2. The van der Waals surface area contributed by atoms with E-state index >= 15 is 0 Å². The largest absolute Gasteiger partial charge is 0.465 e. The third kappa shape index (κ3) is 2.08. The molecule has 0 atom stereocenters. The quantitative estimate of drug-likeness (QED) is 0.582. The first kappa shape index (κ1) is 14.2. The number of hydrogen-bond donors (Lipinski definition) is 0. The maximum Gasteiger partial charge on any atom is 0.344 e. The van der Waals surface area contributed by atoms with Gasteiger partial charge < -0.3 is 9.47 Å². The lowest BCUT2D eigenvalue weighted by molar-refractivity contribution is -0.684. The molecule has 0 unspecified atom stereocenters. The Morgan fingerprint density at radius 1 is 0.889 bits per heavy atom. The number of ether oxygens (including phenoxy) is 2. The van der Waals surface area contributed by atoms with Gasteiger partial charge in [-0.3, -0.25) is 0 Å². The predicted molar refractivity (Wildman–Crippen MR) is 64.5 cm³/mol.